The monoisotopic (exact) mass is 248 g/mol. The second-order valence-electron chi connectivity index (χ2n) is 4.04. The topological polar surface area (TPSA) is 55.1 Å². The van der Waals surface area contributed by atoms with Crippen LogP contribution >= 0.6 is 0 Å². The highest BCUT2D eigenvalue weighted by molar-refractivity contribution is 5.92. The van der Waals surface area contributed by atoms with Crippen molar-refractivity contribution in [2.75, 3.05) is 5.32 Å². The minimum Gasteiger partial charge on any atom is -0.361 e. The molecular formula is C13H13FN2O2. The Bertz CT molecular complexity index is 559. The molecule has 0 aliphatic carbocycles. The van der Waals surface area contributed by atoms with E-state index in [1.165, 1.54) is 12.1 Å². The molecule has 2 rings (SSSR count). The summed E-state index contributed by atoms with van der Waals surface area (Å²) in [7, 11) is 0. The molecule has 0 aliphatic heterocycles. The SMILES string of the molecule is Cc1noc(C)c1CC(=O)Nc1cccc(F)c1. The van der Waals surface area contributed by atoms with E-state index in [1.807, 2.05) is 0 Å². The Labute approximate surface area is 104 Å². The fraction of sp³-hybridized carbons (Fsp3) is 0.231. The predicted octanol–water partition coefficient (Wildman–Crippen LogP) is 2.61. The summed E-state index contributed by atoms with van der Waals surface area (Å²) < 4.78 is 17.9. The number of halogens is 1. The van der Waals surface area contributed by atoms with E-state index < -0.39 is 0 Å². The number of benzene rings is 1. The van der Waals surface area contributed by atoms with E-state index in [1.54, 1.807) is 26.0 Å². The molecule has 4 nitrogen and oxygen atoms in total. The van der Waals surface area contributed by atoms with Gasteiger partial charge in [0.05, 0.1) is 12.1 Å². The van der Waals surface area contributed by atoms with E-state index in [2.05, 4.69) is 10.5 Å². The zero-order valence-corrected chi connectivity index (χ0v) is 10.2. The molecule has 1 amide bonds. The van der Waals surface area contributed by atoms with Gasteiger partial charge in [0.1, 0.15) is 11.6 Å². The van der Waals surface area contributed by atoms with E-state index in [9.17, 15) is 9.18 Å². The predicted molar refractivity (Wildman–Crippen MR) is 64.7 cm³/mol. The van der Waals surface area contributed by atoms with Crippen LogP contribution in [0.2, 0.25) is 0 Å². The maximum Gasteiger partial charge on any atom is 0.229 e. The number of nitrogens with one attached hydrogen (secondary N) is 1. The Morgan fingerprint density at radius 2 is 2.22 bits per heavy atom. The molecule has 0 bridgehead atoms. The number of hydrogen-bond acceptors (Lipinski definition) is 3. The Kier molecular flexibility index (Phi) is 3.41. The van der Waals surface area contributed by atoms with Crippen molar-refractivity contribution in [2.24, 2.45) is 0 Å². The maximum atomic E-state index is 12.9. The number of hydrogen-bond donors (Lipinski definition) is 1. The number of aromatic nitrogens is 1. The first-order valence-electron chi connectivity index (χ1n) is 5.53. The fourth-order valence-corrected chi connectivity index (χ4v) is 1.69. The van der Waals surface area contributed by atoms with Crippen molar-refractivity contribution < 1.29 is 13.7 Å². The molecule has 5 heteroatoms. The zero-order valence-electron chi connectivity index (χ0n) is 10.2. The van der Waals surface area contributed by atoms with Crippen LogP contribution in [0.4, 0.5) is 10.1 Å². The molecule has 1 N–H and O–H groups in total. The second-order valence-corrected chi connectivity index (χ2v) is 4.04. The van der Waals surface area contributed by atoms with Gasteiger partial charge in [0.15, 0.2) is 0 Å². The van der Waals surface area contributed by atoms with Crippen LogP contribution in [0.25, 0.3) is 0 Å². The van der Waals surface area contributed by atoms with Crippen molar-refractivity contribution in [1.29, 1.82) is 0 Å². The Morgan fingerprint density at radius 1 is 1.44 bits per heavy atom. The molecule has 1 aromatic carbocycles. The summed E-state index contributed by atoms with van der Waals surface area (Å²) >= 11 is 0. The van der Waals surface area contributed by atoms with E-state index >= 15 is 0 Å². The van der Waals surface area contributed by atoms with Crippen molar-refractivity contribution in [1.82, 2.24) is 5.16 Å². The number of carbonyl (C=O) groups is 1. The Morgan fingerprint density at radius 3 is 2.83 bits per heavy atom. The van der Waals surface area contributed by atoms with Crippen LogP contribution in [0, 0.1) is 19.7 Å². The van der Waals surface area contributed by atoms with Gasteiger partial charge in [-0.25, -0.2) is 4.39 Å². The molecule has 1 heterocycles. The smallest absolute Gasteiger partial charge is 0.229 e. The van der Waals surface area contributed by atoms with Crippen molar-refractivity contribution in [3.05, 3.63) is 47.1 Å². The van der Waals surface area contributed by atoms with E-state index in [0.717, 1.165) is 5.56 Å². The molecule has 0 fully saturated rings. The Hall–Kier alpha value is -2.17. The minimum atomic E-state index is -0.384. The summed E-state index contributed by atoms with van der Waals surface area (Å²) in [4.78, 5) is 11.8. The summed E-state index contributed by atoms with van der Waals surface area (Å²) in [6.45, 7) is 3.53. The van der Waals surface area contributed by atoms with Crippen LogP contribution in [0.1, 0.15) is 17.0 Å². The minimum absolute atomic E-state index is 0.164. The van der Waals surface area contributed by atoms with Crippen LogP contribution in [-0.2, 0) is 11.2 Å². The fourth-order valence-electron chi connectivity index (χ4n) is 1.69. The van der Waals surface area contributed by atoms with Crippen LogP contribution < -0.4 is 5.32 Å². The van der Waals surface area contributed by atoms with Crippen LogP contribution in [0.5, 0.6) is 0 Å². The Balaban J connectivity index is 2.06. The van der Waals surface area contributed by atoms with Gasteiger partial charge in [-0.1, -0.05) is 11.2 Å². The first kappa shape index (κ1) is 12.3. The molecule has 0 aliphatic rings. The average Bonchev–Trinajstić information content (AvgIpc) is 2.61. The van der Waals surface area contributed by atoms with Gasteiger partial charge in [-0.05, 0) is 32.0 Å². The summed E-state index contributed by atoms with van der Waals surface area (Å²) in [5.74, 6) is 0.0158. The molecule has 0 atom stereocenters. The standard InChI is InChI=1S/C13H13FN2O2/c1-8-12(9(2)18-16-8)7-13(17)15-11-5-3-4-10(14)6-11/h3-6H,7H2,1-2H3,(H,15,17). The largest absolute Gasteiger partial charge is 0.361 e. The molecule has 0 unspecified atom stereocenters. The molecule has 0 saturated carbocycles. The third kappa shape index (κ3) is 2.74. The number of rotatable bonds is 3. The van der Waals surface area contributed by atoms with Gasteiger partial charge in [-0.15, -0.1) is 0 Å². The number of aryl methyl sites for hydroxylation is 2. The molecule has 1 aromatic heterocycles. The van der Waals surface area contributed by atoms with Crippen LogP contribution in [-0.4, -0.2) is 11.1 Å². The van der Waals surface area contributed by atoms with Crippen molar-refractivity contribution >= 4 is 11.6 Å². The number of carbonyl (C=O) groups excluding carboxylic acids is 1. The second kappa shape index (κ2) is 5.00. The average molecular weight is 248 g/mol. The van der Waals surface area contributed by atoms with Crippen molar-refractivity contribution in [3.63, 3.8) is 0 Å². The van der Waals surface area contributed by atoms with Gasteiger partial charge in [0, 0.05) is 11.3 Å². The van der Waals surface area contributed by atoms with Crippen molar-refractivity contribution in [2.45, 2.75) is 20.3 Å². The molecule has 18 heavy (non-hydrogen) atoms. The quantitative estimate of drug-likeness (QED) is 0.908. The van der Waals surface area contributed by atoms with E-state index in [4.69, 9.17) is 4.52 Å². The number of anilines is 1. The molecule has 0 saturated heterocycles. The number of amides is 1. The third-order valence-corrected chi connectivity index (χ3v) is 2.63. The molecule has 0 spiro atoms. The summed E-state index contributed by atoms with van der Waals surface area (Å²) in [5.41, 5.74) is 1.90. The van der Waals surface area contributed by atoms with Gasteiger partial charge < -0.3 is 9.84 Å². The lowest BCUT2D eigenvalue weighted by Crippen LogP contribution is -2.15. The van der Waals surface area contributed by atoms with Crippen molar-refractivity contribution in [3.8, 4) is 0 Å². The molecular weight excluding hydrogens is 235 g/mol. The highest BCUT2D eigenvalue weighted by Gasteiger charge is 2.13. The first-order valence-corrected chi connectivity index (χ1v) is 5.53. The summed E-state index contributed by atoms with van der Waals surface area (Å²) in [6, 6.07) is 5.77. The normalized spacial score (nSPS) is 10.4. The lowest BCUT2D eigenvalue weighted by atomic mass is 10.1. The first-order chi connectivity index (χ1) is 8.56. The van der Waals surface area contributed by atoms with Crippen LogP contribution in [0.3, 0.4) is 0 Å². The van der Waals surface area contributed by atoms with Gasteiger partial charge in [0.25, 0.3) is 0 Å². The number of nitrogens with zero attached hydrogens (tertiary/aromatic N) is 1. The van der Waals surface area contributed by atoms with Crippen LogP contribution in [0.15, 0.2) is 28.8 Å². The van der Waals surface area contributed by atoms with Gasteiger partial charge in [-0.3, -0.25) is 4.79 Å². The lowest BCUT2D eigenvalue weighted by Gasteiger charge is -2.04. The highest BCUT2D eigenvalue weighted by Crippen LogP contribution is 2.14. The molecule has 0 radical (unpaired) electrons. The van der Waals surface area contributed by atoms with Gasteiger partial charge in [-0.2, -0.15) is 0 Å². The molecule has 94 valence electrons. The van der Waals surface area contributed by atoms with Gasteiger partial charge in [0.2, 0.25) is 5.91 Å². The van der Waals surface area contributed by atoms with E-state index in [-0.39, 0.29) is 18.1 Å². The third-order valence-electron chi connectivity index (χ3n) is 2.63. The molecule has 2 aromatic rings. The summed E-state index contributed by atoms with van der Waals surface area (Å²) in [5, 5.41) is 6.40. The summed E-state index contributed by atoms with van der Waals surface area (Å²) in [6.07, 6.45) is 0.164. The maximum absolute atomic E-state index is 12.9. The van der Waals surface area contributed by atoms with E-state index in [0.29, 0.717) is 17.1 Å². The van der Waals surface area contributed by atoms with Gasteiger partial charge >= 0.3 is 0 Å². The lowest BCUT2D eigenvalue weighted by molar-refractivity contribution is -0.115. The zero-order chi connectivity index (χ0) is 13.1. The highest BCUT2D eigenvalue weighted by atomic mass is 19.1.